The van der Waals surface area contributed by atoms with E-state index >= 15 is 0 Å². The SMILES string of the molecule is CCc1ccc(NC(=O)COc2ccc(Cl)cc2/C=N\NC(=O)C(=O)NCc2ccc(Cl)cc2)cc1. The normalized spacial score (nSPS) is 10.6. The van der Waals surface area contributed by atoms with Crippen LogP contribution in [-0.2, 0) is 27.3 Å². The van der Waals surface area contributed by atoms with E-state index in [1.807, 2.05) is 24.3 Å². The first kappa shape index (κ1) is 26.7. The second-order valence-electron chi connectivity index (χ2n) is 7.58. The van der Waals surface area contributed by atoms with Crippen LogP contribution >= 0.6 is 23.2 Å². The first-order valence-electron chi connectivity index (χ1n) is 11.0. The van der Waals surface area contributed by atoms with E-state index in [0.717, 1.165) is 12.0 Å². The van der Waals surface area contributed by atoms with E-state index in [1.54, 1.807) is 42.5 Å². The molecule has 0 unspecified atom stereocenters. The zero-order valence-corrected chi connectivity index (χ0v) is 20.9. The van der Waals surface area contributed by atoms with Crippen molar-refractivity contribution >= 4 is 52.8 Å². The van der Waals surface area contributed by atoms with Gasteiger partial charge in [-0.3, -0.25) is 14.4 Å². The van der Waals surface area contributed by atoms with Crippen LogP contribution < -0.4 is 20.8 Å². The Morgan fingerprint density at radius 3 is 2.25 bits per heavy atom. The van der Waals surface area contributed by atoms with Crippen molar-refractivity contribution in [1.82, 2.24) is 10.7 Å². The quantitative estimate of drug-likeness (QED) is 0.219. The predicted octanol–water partition coefficient (Wildman–Crippen LogP) is 4.34. The molecular weight excluding hydrogens is 503 g/mol. The van der Waals surface area contributed by atoms with Gasteiger partial charge in [0.05, 0.1) is 6.21 Å². The van der Waals surface area contributed by atoms with Crippen LogP contribution in [0.15, 0.2) is 71.8 Å². The Morgan fingerprint density at radius 1 is 0.889 bits per heavy atom. The summed E-state index contributed by atoms with van der Waals surface area (Å²) in [5.41, 5.74) is 5.17. The van der Waals surface area contributed by atoms with Crippen LogP contribution in [0.3, 0.4) is 0 Å². The molecule has 0 bridgehead atoms. The topological polar surface area (TPSA) is 109 Å². The van der Waals surface area contributed by atoms with E-state index in [0.29, 0.717) is 27.0 Å². The van der Waals surface area contributed by atoms with Crippen molar-refractivity contribution in [2.45, 2.75) is 19.9 Å². The first-order valence-corrected chi connectivity index (χ1v) is 11.8. The van der Waals surface area contributed by atoms with Crippen LogP contribution in [-0.4, -0.2) is 30.5 Å². The smallest absolute Gasteiger partial charge is 0.329 e. The van der Waals surface area contributed by atoms with E-state index < -0.39 is 11.8 Å². The van der Waals surface area contributed by atoms with Crippen molar-refractivity contribution in [2.75, 3.05) is 11.9 Å². The number of anilines is 1. The minimum atomic E-state index is -0.946. The lowest BCUT2D eigenvalue weighted by Gasteiger charge is -2.10. The predicted molar refractivity (Wildman–Crippen MR) is 140 cm³/mol. The van der Waals surface area contributed by atoms with Crippen LogP contribution in [0.25, 0.3) is 0 Å². The van der Waals surface area contributed by atoms with Gasteiger partial charge in [0.25, 0.3) is 5.91 Å². The molecule has 186 valence electrons. The highest BCUT2D eigenvalue weighted by Crippen LogP contribution is 2.21. The van der Waals surface area contributed by atoms with Crippen LogP contribution in [0.5, 0.6) is 5.75 Å². The van der Waals surface area contributed by atoms with Crippen LogP contribution in [0, 0.1) is 0 Å². The van der Waals surface area contributed by atoms with Gasteiger partial charge in [-0.1, -0.05) is 54.4 Å². The Bertz CT molecular complexity index is 1250. The Labute approximate surface area is 218 Å². The number of rotatable bonds is 9. The molecule has 36 heavy (non-hydrogen) atoms. The molecule has 0 fully saturated rings. The number of nitrogens with one attached hydrogen (secondary N) is 3. The molecule has 0 aromatic heterocycles. The summed E-state index contributed by atoms with van der Waals surface area (Å²) in [6.07, 6.45) is 2.18. The number of hydrazone groups is 1. The van der Waals surface area contributed by atoms with Gasteiger partial charge in [0.2, 0.25) is 0 Å². The molecule has 0 saturated carbocycles. The Morgan fingerprint density at radius 2 is 1.56 bits per heavy atom. The van der Waals surface area contributed by atoms with E-state index in [2.05, 4.69) is 28.1 Å². The maximum atomic E-state index is 12.3. The number of benzene rings is 3. The fourth-order valence-corrected chi connectivity index (χ4v) is 3.30. The summed E-state index contributed by atoms with van der Waals surface area (Å²) in [7, 11) is 0. The molecule has 3 aromatic carbocycles. The second kappa shape index (κ2) is 13.3. The molecule has 0 aliphatic heterocycles. The number of carbonyl (C=O) groups excluding carboxylic acids is 3. The van der Waals surface area contributed by atoms with Crippen molar-refractivity contribution in [1.29, 1.82) is 0 Å². The van der Waals surface area contributed by atoms with Gasteiger partial charge in [-0.15, -0.1) is 0 Å². The molecule has 0 heterocycles. The Balaban J connectivity index is 1.52. The number of hydrogen-bond donors (Lipinski definition) is 3. The number of aryl methyl sites for hydroxylation is 1. The molecule has 0 aliphatic rings. The number of hydrogen-bond acceptors (Lipinski definition) is 5. The first-order chi connectivity index (χ1) is 17.3. The molecule has 3 rings (SSSR count). The van der Waals surface area contributed by atoms with Crippen LogP contribution in [0.4, 0.5) is 5.69 Å². The summed E-state index contributed by atoms with van der Waals surface area (Å²) in [5, 5.41) is 10.0. The lowest BCUT2D eigenvalue weighted by atomic mass is 10.1. The van der Waals surface area contributed by atoms with Gasteiger partial charge >= 0.3 is 11.8 Å². The van der Waals surface area contributed by atoms with E-state index in [4.69, 9.17) is 27.9 Å². The molecule has 0 spiro atoms. The van der Waals surface area contributed by atoms with Crippen molar-refractivity contribution in [2.24, 2.45) is 5.10 Å². The minimum absolute atomic E-state index is 0.157. The summed E-state index contributed by atoms with van der Waals surface area (Å²) in [5.74, 6) is -1.82. The van der Waals surface area contributed by atoms with Gasteiger partial charge < -0.3 is 15.4 Å². The summed E-state index contributed by atoms with van der Waals surface area (Å²) in [4.78, 5) is 36.3. The highest BCUT2D eigenvalue weighted by Gasteiger charge is 2.12. The van der Waals surface area contributed by atoms with Gasteiger partial charge in [0.1, 0.15) is 5.75 Å². The zero-order chi connectivity index (χ0) is 25.9. The number of halogens is 2. The summed E-state index contributed by atoms with van der Waals surface area (Å²) in [6, 6.07) is 19.1. The van der Waals surface area contributed by atoms with Gasteiger partial charge in [0, 0.05) is 27.8 Å². The number of amides is 3. The molecule has 3 aromatic rings. The third-order valence-corrected chi connectivity index (χ3v) is 5.41. The molecular formula is C26H24Cl2N4O4. The largest absolute Gasteiger partial charge is 0.483 e. The highest BCUT2D eigenvalue weighted by atomic mass is 35.5. The highest BCUT2D eigenvalue weighted by molar-refractivity contribution is 6.35. The summed E-state index contributed by atoms with van der Waals surface area (Å²) >= 11 is 11.9. The van der Waals surface area contributed by atoms with Gasteiger partial charge in [-0.05, 0) is 60.0 Å². The minimum Gasteiger partial charge on any atom is -0.483 e. The average molecular weight is 527 g/mol. The fraction of sp³-hybridized carbons (Fsp3) is 0.154. The fourth-order valence-electron chi connectivity index (χ4n) is 2.99. The standard InChI is InChI=1S/C26H24Cl2N4O4/c1-2-17-5-10-22(11-6-17)31-24(33)16-36-23-12-9-21(28)13-19(23)15-30-32-26(35)25(34)29-14-18-3-7-20(27)8-4-18/h3-13,15H,2,14,16H2,1H3,(H,29,34)(H,31,33)(H,32,35)/b30-15-. The zero-order valence-electron chi connectivity index (χ0n) is 19.4. The van der Waals surface area contributed by atoms with E-state index in [1.165, 1.54) is 11.8 Å². The third-order valence-electron chi connectivity index (χ3n) is 4.92. The maximum Gasteiger partial charge on any atom is 0.329 e. The number of ether oxygens (including phenoxy) is 1. The monoisotopic (exact) mass is 526 g/mol. The lowest BCUT2D eigenvalue weighted by molar-refractivity contribution is -0.139. The van der Waals surface area contributed by atoms with Crippen molar-refractivity contribution in [3.63, 3.8) is 0 Å². The van der Waals surface area contributed by atoms with Crippen molar-refractivity contribution < 1.29 is 19.1 Å². The van der Waals surface area contributed by atoms with Crippen LogP contribution in [0.1, 0.15) is 23.6 Å². The van der Waals surface area contributed by atoms with Crippen LogP contribution in [0.2, 0.25) is 10.0 Å². The molecule has 3 N–H and O–H groups in total. The molecule has 3 amide bonds. The molecule has 8 nitrogen and oxygen atoms in total. The number of carbonyl (C=O) groups is 3. The second-order valence-corrected chi connectivity index (χ2v) is 8.45. The molecule has 0 saturated heterocycles. The van der Waals surface area contributed by atoms with E-state index in [-0.39, 0.29) is 19.1 Å². The molecule has 10 heteroatoms. The van der Waals surface area contributed by atoms with Crippen molar-refractivity contribution in [3.8, 4) is 5.75 Å². The Hall–Kier alpha value is -3.88. The maximum absolute atomic E-state index is 12.3. The number of nitrogens with zero attached hydrogens (tertiary/aromatic N) is 1. The van der Waals surface area contributed by atoms with E-state index in [9.17, 15) is 14.4 Å². The average Bonchev–Trinajstić information content (AvgIpc) is 2.88. The summed E-state index contributed by atoms with van der Waals surface area (Å²) in [6.45, 7) is 1.96. The molecule has 0 atom stereocenters. The lowest BCUT2D eigenvalue weighted by Crippen LogP contribution is -2.37. The Kier molecular flexibility index (Phi) is 9.85. The molecule has 0 radical (unpaired) electrons. The molecule has 0 aliphatic carbocycles. The van der Waals surface area contributed by atoms with Gasteiger partial charge in [-0.2, -0.15) is 5.10 Å². The van der Waals surface area contributed by atoms with Gasteiger partial charge in [-0.25, -0.2) is 5.43 Å². The van der Waals surface area contributed by atoms with Gasteiger partial charge in [0.15, 0.2) is 6.61 Å². The summed E-state index contributed by atoms with van der Waals surface area (Å²) < 4.78 is 5.61. The van der Waals surface area contributed by atoms with Crippen molar-refractivity contribution in [3.05, 3.63) is 93.5 Å². The third kappa shape index (κ3) is 8.41.